The van der Waals surface area contributed by atoms with Crippen LogP contribution in [0.5, 0.6) is 0 Å². The van der Waals surface area contributed by atoms with Gasteiger partial charge >= 0.3 is 0 Å². The third kappa shape index (κ3) is 3.43. The summed E-state index contributed by atoms with van der Waals surface area (Å²) in [5.74, 6) is -0.109. The van der Waals surface area contributed by atoms with Crippen molar-refractivity contribution in [3.63, 3.8) is 0 Å². The van der Waals surface area contributed by atoms with Crippen LogP contribution >= 0.6 is 11.3 Å². The first-order chi connectivity index (χ1) is 15.6. The molecule has 4 aromatic rings. The number of hydrogen-bond acceptors (Lipinski definition) is 5. The van der Waals surface area contributed by atoms with E-state index in [4.69, 9.17) is 9.47 Å². The summed E-state index contributed by atoms with van der Waals surface area (Å²) in [7, 11) is 3.31. The van der Waals surface area contributed by atoms with Gasteiger partial charge in [0, 0.05) is 32.5 Å². The summed E-state index contributed by atoms with van der Waals surface area (Å²) in [5, 5.41) is 3.00. The van der Waals surface area contributed by atoms with Crippen molar-refractivity contribution in [2.24, 2.45) is 0 Å². The second kappa shape index (κ2) is 8.50. The van der Waals surface area contributed by atoms with Crippen LogP contribution in [-0.4, -0.2) is 54.7 Å². The molecule has 7 heteroatoms. The van der Waals surface area contributed by atoms with Gasteiger partial charge in [0.15, 0.2) is 0 Å². The smallest absolute Gasteiger partial charge is 0.263 e. The molecule has 0 N–H and O–H groups in total. The van der Waals surface area contributed by atoms with Crippen LogP contribution in [0.25, 0.3) is 26.7 Å². The van der Waals surface area contributed by atoms with Crippen molar-refractivity contribution in [2.45, 2.75) is 18.6 Å². The van der Waals surface area contributed by atoms with Gasteiger partial charge in [-0.15, -0.1) is 11.3 Å². The van der Waals surface area contributed by atoms with Crippen LogP contribution in [0.3, 0.4) is 0 Å². The van der Waals surface area contributed by atoms with Crippen LogP contribution in [0.1, 0.15) is 16.8 Å². The Hall–Kier alpha value is -3.00. The van der Waals surface area contributed by atoms with Crippen LogP contribution in [0, 0.1) is 0 Å². The maximum Gasteiger partial charge on any atom is 0.263 e. The predicted octanol–water partition coefficient (Wildman–Crippen LogP) is 4.06. The SMILES string of the molecule is COCC1CC(OC)CN1C(=O)c1cc(-c2ccccc2)c(=O)n2ccc3ccsc3c12. The zero-order valence-electron chi connectivity index (χ0n) is 18.0. The summed E-state index contributed by atoms with van der Waals surface area (Å²) in [6.45, 7) is 0.937. The second-order valence-electron chi connectivity index (χ2n) is 8.04. The fourth-order valence-electron chi connectivity index (χ4n) is 4.59. The molecule has 6 nitrogen and oxygen atoms in total. The van der Waals surface area contributed by atoms with Crippen molar-refractivity contribution in [1.29, 1.82) is 0 Å². The van der Waals surface area contributed by atoms with Gasteiger partial charge < -0.3 is 14.4 Å². The van der Waals surface area contributed by atoms with Gasteiger partial charge in [-0.2, -0.15) is 0 Å². The lowest BCUT2D eigenvalue weighted by atomic mass is 10.0. The minimum Gasteiger partial charge on any atom is -0.383 e. The summed E-state index contributed by atoms with van der Waals surface area (Å²) in [6.07, 6.45) is 2.46. The number of rotatable bonds is 5. The van der Waals surface area contributed by atoms with Gasteiger partial charge in [-0.3, -0.25) is 14.0 Å². The van der Waals surface area contributed by atoms with E-state index in [9.17, 15) is 9.59 Å². The third-order valence-electron chi connectivity index (χ3n) is 6.19. The lowest BCUT2D eigenvalue weighted by Crippen LogP contribution is -2.39. The van der Waals surface area contributed by atoms with Crippen molar-refractivity contribution < 1.29 is 14.3 Å². The monoisotopic (exact) mass is 448 g/mol. The highest BCUT2D eigenvalue weighted by Crippen LogP contribution is 2.32. The lowest BCUT2D eigenvalue weighted by molar-refractivity contribution is 0.0613. The fourth-order valence-corrected chi connectivity index (χ4v) is 5.54. The Balaban J connectivity index is 1.75. The van der Waals surface area contributed by atoms with E-state index in [1.54, 1.807) is 30.9 Å². The first kappa shape index (κ1) is 20.9. The van der Waals surface area contributed by atoms with Gasteiger partial charge in [-0.1, -0.05) is 30.3 Å². The van der Waals surface area contributed by atoms with Crippen LogP contribution in [0.4, 0.5) is 0 Å². The van der Waals surface area contributed by atoms with Gasteiger partial charge in [-0.05, 0) is 40.9 Å². The largest absolute Gasteiger partial charge is 0.383 e. The molecule has 164 valence electrons. The first-order valence-electron chi connectivity index (χ1n) is 10.6. The Kier molecular flexibility index (Phi) is 5.55. The highest BCUT2D eigenvalue weighted by Gasteiger charge is 2.37. The number of carbonyl (C=O) groups excluding carboxylic acids is 1. The van der Waals surface area contributed by atoms with Gasteiger partial charge in [0.25, 0.3) is 11.5 Å². The number of pyridine rings is 2. The summed E-state index contributed by atoms with van der Waals surface area (Å²) in [4.78, 5) is 29.3. The van der Waals surface area contributed by atoms with Crippen molar-refractivity contribution in [2.75, 3.05) is 27.4 Å². The molecular weight excluding hydrogens is 424 g/mol. The lowest BCUT2D eigenvalue weighted by Gasteiger charge is -2.25. The molecule has 0 aliphatic carbocycles. The number of likely N-dealkylation sites (tertiary alicyclic amines) is 1. The topological polar surface area (TPSA) is 60.2 Å². The quantitative estimate of drug-likeness (QED) is 0.462. The van der Waals surface area contributed by atoms with Gasteiger partial charge in [0.1, 0.15) is 0 Å². The van der Waals surface area contributed by atoms with Crippen molar-refractivity contribution in [1.82, 2.24) is 9.30 Å². The second-order valence-corrected chi connectivity index (χ2v) is 8.96. The number of carbonyl (C=O) groups is 1. The molecule has 1 fully saturated rings. The van der Waals surface area contributed by atoms with Gasteiger partial charge in [-0.25, -0.2) is 0 Å². The van der Waals surface area contributed by atoms with Crippen molar-refractivity contribution >= 4 is 32.8 Å². The van der Waals surface area contributed by atoms with Crippen LogP contribution in [0.2, 0.25) is 0 Å². The normalized spacial score (nSPS) is 18.6. The molecule has 1 aliphatic rings. The number of fused-ring (bicyclic) bond motifs is 3. The van der Waals surface area contributed by atoms with E-state index in [1.165, 1.54) is 11.3 Å². The molecule has 0 saturated carbocycles. The average Bonchev–Trinajstić information content (AvgIpc) is 3.46. The molecule has 32 heavy (non-hydrogen) atoms. The number of aromatic nitrogens is 1. The molecule has 1 aromatic carbocycles. The molecule has 3 aromatic heterocycles. The number of hydrogen-bond donors (Lipinski definition) is 0. The van der Waals surface area contributed by atoms with Crippen molar-refractivity contribution in [3.8, 4) is 11.1 Å². The maximum absolute atomic E-state index is 14.0. The number of thiophene rings is 1. The molecule has 1 aliphatic heterocycles. The average molecular weight is 449 g/mol. The molecule has 5 rings (SSSR count). The predicted molar refractivity (Wildman–Crippen MR) is 127 cm³/mol. The number of benzene rings is 1. The zero-order valence-corrected chi connectivity index (χ0v) is 18.8. The van der Waals surface area contributed by atoms with Crippen LogP contribution in [0.15, 0.2) is 64.9 Å². The maximum atomic E-state index is 14.0. The van der Waals surface area contributed by atoms with Crippen molar-refractivity contribution in [3.05, 3.63) is 76.0 Å². The molecule has 0 spiro atoms. The van der Waals surface area contributed by atoms with Gasteiger partial charge in [0.2, 0.25) is 0 Å². The van der Waals surface area contributed by atoms with Crippen LogP contribution < -0.4 is 5.56 Å². The van der Waals surface area contributed by atoms with Gasteiger partial charge in [0.05, 0.1) is 34.5 Å². The Morgan fingerprint density at radius 2 is 1.97 bits per heavy atom. The number of nitrogens with zero attached hydrogens (tertiary/aromatic N) is 2. The zero-order chi connectivity index (χ0) is 22.2. The summed E-state index contributed by atoms with van der Waals surface area (Å²) in [5.41, 5.74) is 2.34. The van der Waals surface area contributed by atoms with E-state index in [0.717, 1.165) is 22.1 Å². The molecule has 0 bridgehead atoms. The molecule has 2 atom stereocenters. The van der Waals surface area contributed by atoms with E-state index in [-0.39, 0.29) is 23.6 Å². The Morgan fingerprint density at radius 3 is 2.72 bits per heavy atom. The number of ether oxygens (including phenoxy) is 2. The minimum atomic E-state index is -0.136. The standard InChI is InChI=1S/C25H24N2O4S/c1-30-15-18-12-19(31-2)14-27(18)25(29)21-13-20(16-6-4-3-5-7-16)24(28)26-10-8-17-9-11-32-23(17)22(21)26/h3-11,13,18-19H,12,14-15H2,1-2H3. The highest BCUT2D eigenvalue weighted by atomic mass is 32.1. The van der Waals surface area contributed by atoms with E-state index in [1.807, 2.05) is 52.7 Å². The Labute approximate surface area is 189 Å². The Morgan fingerprint density at radius 1 is 1.16 bits per heavy atom. The first-order valence-corrected chi connectivity index (χ1v) is 11.4. The summed E-state index contributed by atoms with van der Waals surface area (Å²) < 4.78 is 13.5. The Bertz CT molecular complexity index is 1340. The molecular formula is C25H24N2O4S. The van der Waals surface area contributed by atoms with E-state index in [2.05, 4.69) is 0 Å². The molecule has 4 heterocycles. The molecule has 2 unspecified atom stereocenters. The number of methoxy groups -OCH3 is 2. The van der Waals surface area contributed by atoms with Crippen LogP contribution in [-0.2, 0) is 9.47 Å². The summed E-state index contributed by atoms with van der Waals surface area (Å²) in [6, 6.07) is 15.1. The summed E-state index contributed by atoms with van der Waals surface area (Å²) >= 11 is 1.54. The molecule has 1 amide bonds. The highest BCUT2D eigenvalue weighted by molar-refractivity contribution is 7.18. The molecule has 0 radical (unpaired) electrons. The minimum absolute atomic E-state index is 0.0350. The van der Waals surface area contributed by atoms with E-state index < -0.39 is 0 Å². The van der Waals surface area contributed by atoms with E-state index in [0.29, 0.717) is 29.8 Å². The fraction of sp³-hybridized carbons (Fsp3) is 0.280. The molecule has 1 saturated heterocycles. The van der Waals surface area contributed by atoms with E-state index >= 15 is 0 Å². The third-order valence-corrected chi connectivity index (χ3v) is 7.13. The number of amides is 1.